The number of thioether (sulfide) groups is 1. The Bertz CT molecular complexity index is 1680. The zero-order valence-electron chi connectivity index (χ0n) is 25.2. The van der Waals surface area contributed by atoms with Crippen molar-refractivity contribution in [2.45, 2.75) is 58.2 Å². The number of methoxy groups -OCH3 is 1. The fourth-order valence-electron chi connectivity index (χ4n) is 5.10. The van der Waals surface area contributed by atoms with Crippen molar-refractivity contribution < 1.29 is 23.9 Å². The van der Waals surface area contributed by atoms with Gasteiger partial charge in [0.2, 0.25) is 11.8 Å². The van der Waals surface area contributed by atoms with Gasteiger partial charge < -0.3 is 20.1 Å². The summed E-state index contributed by atoms with van der Waals surface area (Å²) in [7, 11) is 1.60. The third-order valence-electron chi connectivity index (χ3n) is 7.47. The zero-order valence-corrected chi connectivity index (χ0v) is 26.8. The summed E-state index contributed by atoms with van der Waals surface area (Å²) < 4.78 is 12.4. The predicted octanol–water partition coefficient (Wildman–Crippen LogP) is 5.21. The average Bonchev–Trinajstić information content (AvgIpc) is 3.72. The normalized spacial score (nSPS) is 12.1. The molecule has 1 aliphatic carbocycles. The highest BCUT2D eigenvalue weighted by Crippen LogP contribution is 2.39. The van der Waals surface area contributed by atoms with Crippen LogP contribution in [0.15, 0.2) is 47.6 Å². The molecule has 5 rings (SSSR count). The molecule has 12 heteroatoms. The van der Waals surface area contributed by atoms with E-state index in [0.29, 0.717) is 21.5 Å². The molecule has 0 spiro atoms. The molecule has 0 saturated heterocycles. The molecular weight excluding hydrogens is 599 g/mol. The predicted molar refractivity (Wildman–Crippen MR) is 171 cm³/mol. The lowest BCUT2D eigenvalue weighted by molar-refractivity contribution is -0.120. The Morgan fingerprint density at radius 3 is 2.59 bits per heavy atom. The molecule has 10 nitrogen and oxygen atoms in total. The van der Waals surface area contributed by atoms with Crippen molar-refractivity contribution in [1.29, 1.82) is 0 Å². The first-order valence-corrected chi connectivity index (χ1v) is 16.2. The summed E-state index contributed by atoms with van der Waals surface area (Å²) in [6.07, 6.45) is 2.91. The van der Waals surface area contributed by atoms with Crippen LogP contribution in [0.4, 0.5) is 5.00 Å². The number of aromatic nitrogens is 3. The van der Waals surface area contributed by atoms with Crippen molar-refractivity contribution in [1.82, 2.24) is 20.1 Å². The van der Waals surface area contributed by atoms with E-state index < -0.39 is 5.97 Å². The van der Waals surface area contributed by atoms with Crippen LogP contribution < -0.4 is 15.4 Å². The van der Waals surface area contributed by atoms with Crippen LogP contribution >= 0.6 is 23.1 Å². The van der Waals surface area contributed by atoms with Crippen LogP contribution in [0.3, 0.4) is 0 Å². The molecule has 2 aromatic heterocycles. The molecule has 44 heavy (non-hydrogen) atoms. The molecule has 1 aliphatic rings. The van der Waals surface area contributed by atoms with E-state index in [1.165, 1.54) is 23.1 Å². The van der Waals surface area contributed by atoms with E-state index >= 15 is 0 Å². The second-order valence-electron chi connectivity index (χ2n) is 10.4. The van der Waals surface area contributed by atoms with Crippen LogP contribution in [0, 0.1) is 13.8 Å². The fourth-order valence-corrected chi connectivity index (χ4v) is 7.16. The van der Waals surface area contributed by atoms with Gasteiger partial charge in [-0.3, -0.25) is 14.2 Å². The number of nitrogens with one attached hydrogen (secondary N) is 2. The topological polar surface area (TPSA) is 124 Å². The Morgan fingerprint density at radius 2 is 1.84 bits per heavy atom. The van der Waals surface area contributed by atoms with E-state index in [4.69, 9.17) is 9.47 Å². The van der Waals surface area contributed by atoms with E-state index in [1.54, 1.807) is 14.0 Å². The summed E-state index contributed by atoms with van der Waals surface area (Å²) >= 11 is 2.69. The van der Waals surface area contributed by atoms with E-state index in [0.717, 1.165) is 57.8 Å². The number of amides is 2. The Kier molecular flexibility index (Phi) is 10.0. The van der Waals surface area contributed by atoms with Crippen molar-refractivity contribution >= 4 is 45.9 Å². The minimum absolute atomic E-state index is 0.0532. The number of nitrogens with zero attached hydrogens (tertiary/aromatic N) is 3. The smallest absolute Gasteiger partial charge is 0.341 e. The molecule has 4 aromatic rings. The molecule has 0 aliphatic heterocycles. The number of carbonyl (C=O) groups is 3. The summed E-state index contributed by atoms with van der Waals surface area (Å²) in [4.78, 5) is 39.8. The third-order valence-corrected chi connectivity index (χ3v) is 9.61. The van der Waals surface area contributed by atoms with E-state index in [2.05, 4.69) is 20.8 Å². The van der Waals surface area contributed by atoms with Gasteiger partial charge in [0.25, 0.3) is 0 Å². The van der Waals surface area contributed by atoms with Crippen molar-refractivity contribution in [2.75, 3.05) is 24.8 Å². The molecule has 0 saturated carbocycles. The number of rotatable bonds is 12. The van der Waals surface area contributed by atoms with Gasteiger partial charge in [0.1, 0.15) is 10.8 Å². The molecule has 0 radical (unpaired) electrons. The number of hydrogen-bond donors (Lipinski definition) is 2. The van der Waals surface area contributed by atoms with Gasteiger partial charge in [-0.05, 0) is 80.5 Å². The van der Waals surface area contributed by atoms with Gasteiger partial charge in [0.05, 0.1) is 43.7 Å². The Morgan fingerprint density at radius 1 is 1.05 bits per heavy atom. The maximum absolute atomic E-state index is 13.2. The number of carbonyl (C=O) groups excluding carboxylic acids is 3. The minimum atomic E-state index is -0.400. The van der Waals surface area contributed by atoms with Crippen LogP contribution in [0.2, 0.25) is 0 Å². The maximum atomic E-state index is 13.2. The number of fused-ring (bicyclic) bond motifs is 1. The first-order valence-electron chi connectivity index (χ1n) is 14.4. The minimum Gasteiger partial charge on any atom is -0.497 e. The maximum Gasteiger partial charge on any atom is 0.341 e. The van der Waals surface area contributed by atoms with E-state index in [-0.39, 0.29) is 37.1 Å². The highest BCUT2D eigenvalue weighted by atomic mass is 32.2. The van der Waals surface area contributed by atoms with E-state index in [1.807, 2.05) is 60.9 Å². The molecule has 0 unspecified atom stereocenters. The van der Waals surface area contributed by atoms with Gasteiger partial charge in [-0.1, -0.05) is 36.0 Å². The second-order valence-corrected chi connectivity index (χ2v) is 12.4. The van der Waals surface area contributed by atoms with Crippen LogP contribution in [0.25, 0.3) is 5.69 Å². The van der Waals surface area contributed by atoms with Gasteiger partial charge in [-0.2, -0.15) is 0 Å². The van der Waals surface area contributed by atoms with Crippen molar-refractivity contribution in [3.63, 3.8) is 0 Å². The Labute approximate surface area is 264 Å². The van der Waals surface area contributed by atoms with Crippen molar-refractivity contribution in [2.24, 2.45) is 0 Å². The van der Waals surface area contributed by atoms with Crippen LogP contribution in [-0.2, 0) is 40.1 Å². The number of benzene rings is 2. The van der Waals surface area contributed by atoms with Gasteiger partial charge in [0.15, 0.2) is 11.0 Å². The molecular formula is C32H35N5O5S2. The lowest BCUT2D eigenvalue weighted by atomic mass is 10.1. The lowest BCUT2D eigenvalue weighted by Gasteiger charge is -2.15. The number of thiophene rings is 1. The van der Waals surface area contributed by atoms with Gasteiger partial charge >= 0.3 is 5.97 Å². The van der Waals surface area contributed by atoms with E-state index in [9.17, 15) is 14.4 Å². The highest BCUT2D eigenvalue weighted by molar-refractivity contribution is 7.99. The standard InChI is InChI=1S/C32H35N5O5S2/c1-5-42-31(40)29-23-9-7-11-25(23)44-30(29)34-28(39)18-43-32-36-35-26(37(32)24-10-6-8-19(2)20(24)3)17-33-27(38)16-21-12-14-22(41-4)15-13-21/h6,8,10,12-15H,5,7,9,11,16-18H2,1-4H3,(H,33,38)(H,34,39). The zero-order chi connectivity index (χ0) is 31.2. The molecule has 0 fully saturated rings. The summed E-state index contributed by atoms with van der Waals surface area (Å²) in [6.45, 7) is 6.24. The number of hydrogen-bond acceptors (Lipinski definition) is 9. The molecule has 230 valence electrons. The monoisotopic (exact) mass is 633 g/mol. The highest BCUT2D eigenvalue weighted by Gasteiger charge is 2.28. The number of anilines is 1. The largest absolute Gasteiger partial charge is 0.497 e. The second kappa shape index (κ2) is 14.1. The van der Waals surface area contributed by atoms with Crippen molar-refractivity contribution in [3.8, 4) is 11.4 Å². The summed E-state index contributed by atoms with van der Waals surface area (Å²) in [5.74, 6) is 0.516. The quantitative estimate of drug-likeness (QED) is 0.161. The molecule has 2 aromatic carbocycles. The Hall–Kier alpha value is -4.16. The molecule has 2 N–H and O–H groups in total. The van der Waals surface area contributed by atoms with Crippen LogP contribution in [-0.4, -0.2) is 52.0 Å². The fraction of sp³-hybridized carbons (Fsp3) is 0.344. The molecule has 2 heterocycles. The summed E-state index contributed by atoms with van der Waals surface area (Å²) in [6, 6.07) is 13.3. The van der Waals surface area contributed by atoms with Gasteiger partial charge in [-0.15, -0.1) is 21.5 Å². The molecule has 2 amide bonds. The number of ether oxygens (including phenoxy) is 2. The van der Waals surface area contributed by atoms with Crippen LogP contribution in [0.1, 0.15) is 56.7 Å². The third kappa shape index (κ3) is 6.97. The first-order chi connectivity index (χ1) is 21.3. The van der Waals surface area contributed by atoms with Gasteiger partial charge in [-0.25, -0.2) is 4.79 Å². The summed E-state index contributed by atoms with van der Waals surface area (Å²) in [5, 5.41) is 15.7. The number of aryl methyl sites for hydroxylation is 2. The lowest BCUT2D eigenvalue weighted by Crippen LogP contribution is -2.26. The number of esters is 1. The average molecular weight is 634 g/mol. The Balaban J connectivity index is 1.31. The summed E-state index contributed by atoms with van der Waals surface area (Å²) in [5.41, 5.74) is 5.34. The first kappa shape index (κ1) is 31.3. The van der Waals surface area contributed by atoms with Gasteiger partial charge in [0, 0.05) is 4.88 Å². The van der Waals surface area contributed by atoms with Crippen LogP contribution in [0.5, 0.6) is 5.75 Å². The molecule has 0 bridgehead atoms. The van der Waals surface area contributed by atoms with Crippen molar-refractivity contribution in [3.05, 3.63) is 81.0 Å². The SMILES string of the molecule is CCOC(=O)c1c(NC(=O)CSc2nnc(CNC(=O)Cc3ccc(OC)cc3)n2-c2cccc(C)c2C)sc2c1CCC2. The molecule has 0 atom stereocenters.